The molecule has 4 aromatic rings. The highest BCUT2D eigenvalue weighted by Crippen LogP contribution is 2.23. The summed E-state index contributed by atoms with van der Waals surface area (Å²) in [5.41, 5.74) is 5.43. The van der Waals surface area contributed by atoms with E-state index in [1.165, 1.54) is 0 Å². The zero-order chi connectivity index (χ0) is 18.8. The summed E-state index contributed by atoms with van der Waals surface area (Å²) in [6.45, 7) is 0.639. The minimum atomic E-state index is 0.639. The van der Waals surface area contributed by atoms with Crippen molar-refractivity contribution < 1.29 is 0 Å². The van der Waals surface area contributed by atoms with Crippen molar-refractivity contribution in [2.24, 2.45) is 0 Å². The molecule has 4 rings (SSSR count). The second-order valence-corrected chi connectivity index (χ2v) is 6.71. The van der Waals surface area contributed by atoms with Crippen molar-refractivity contribution in [2.45, 2.75) is 6.54 Å². The van der Waals surface area contributed by atoms with Crippen molar-refractivity contribution >= 4 is 22.9 Å². The lowest BCUT2D eigenvalue weighted by molar-refractivity contribution is 0.869. The lowest BCUT2D eigenvalue weighted by Crippen LogP contribution is -2.17. The third kappa shape index (κ3) is 3.48. The minimum absolute atomic E-state index is 0.639. The maximum absolute atomic E-state index is 8.93. The van der Waals surface area contributed by atoms with Gasteiger partial charge in [-0.25, -0.2) is 4.98 Å². The van der Waals surface area contributed by atoms with E-state index in [0.29, 0.717) is 17.1 Å². The SMILES string of the molecule is CN(Cc1cn2c(-c3ccc(Cl)cc3)cnc2cn1)c1ccc(C#N)cc1. The van der Waals surface area contributed by atoms with Gasteiger partial charge in [-0.2, -0.15) is 5.26 Å². The number of hydrogen-bond acceptors (Lipinski definition) is 4. The van der Waals surface area contributed by atoms with Crippen molar-refractivity contribution in [3.63, 3.8) is 0 Å². The van der Waals surface area contributed by atoms with E-state index >= 15 is 0 Å². The Morgan fingerprint density at radius 3 is 2.48 bits per heavy atom. The molecule has 0 saturated carbocycles. The van der Waals surface area contributed by atoms with E-state index < -0.39 is 0 Å². The van der Waals surface area contributed by atoms with E-state index in [9.17, 15) is 0 Å². The van der Waals surface area contributed by atoms with Crippen LogP contribution in [0.2, 0.25) is 5.02 Å². The third-order valence-corrected chi connectivity index (χ3v) is 4.68. The van der Waals surface area contributed by atoms with Gasteiger partial charge in [0.15, 0.2) is 5.65 Å². The van der Waals surface area contributed by atoms with Crippen molar-refractivity contribution in [3.8, 4) is 17.3 Å². The Bertz CT molecular complexity index is 1120. The van der Waals surface area contributed by atoms with E-state index in [4.69, 9.17) is 16.9 Å². The van der Waals surface area contributed by atoms with Gasteiger partial charge in [-0.15, -0.1) is 0 Å². The largest absolute Gasteiger partial charge is 0.369 e. The number of aromatic nitrogens is 3. The van der Waals surface area contributed by atoms with Gasteiger partial charge in [0.1, 0.15) is 0 Å². The van der Waals surface area contributed by atoms with Crippen LogP contribution in [0.5, 0.6) is 0 Å². The van der Waals surface area contributed by atoms with Gasteiger partial charge in [-0.1, -0.05) is 23.7 Å². The fourth-order valence-corrected chi connectivity index (χ4v) is 3.10. The summed E-state index contributed by atoms with van der Waals surface area (Å²) in [5, 5.41) is 9.64. The van der Waals surface area contributed by atoms with Crippen LogP contribution in [0.25, 0.3) is 16.9 Å². The molecule has 0 amide bonds. The second kappa shape index (κ2) is 7.10. The highest BCUT2D eigenvalue weighted by atomic mass is 35.5. The Kier molecular flexibility index (Phi) is 4.49. The van der Waals surface area contributed by atoms with Gasteiger partial charge in [0, 0.05) is 29.5 Å². The van der Waals surface area contributed by atoms with Gasteiger partial charge in [0.2, 0.25) is 0 Å². The van der Waals surface area contributed by atoms with Crippen LogP contribution >= 0.6 is 11.6 Å². The van der Waals surface area contributed by atoms with Crippen molar-refractivity contribution in [1.29, 1.82) is 5.26 Å². The molecule has 0 aliphatic heterocycles. The van der Waals surface area contributed by atoms with Crippen molar-refractivity contribution in [2.75, 3.05) is 11.9 Å². The second-order valence-electron chi connectivity index (χ2n) is 6.27. The normalized spacial score (nSPS) is 10.7. The fraction of sp³-hybridized carbons (Fsp3) is 0.0952. The van der Waals surface area contributed by atoms with E-state index in [-0.39, 0.29) is 0 Å². The van der Waals surface area contributed by atoms with Gasteiger partial charge in [-0.3, -0.25) is 9.38 Å². The molecule has 2 aromatic heterocycles. The third-order valence-electron chi connectivity index (χ3n) is 4.43. The standard InChI is InChI=1S/C21H16ClN5/c1-26(19-8-2-15(10-23)3-9-19)13-18-14-27-20(11-25-21(27)12-24-18)16-4-6-17(22)7-5-16/h2-9,11-12,14H,13H2,1H3. The van der Waals surface area contributed by atoms with Gasteiger partial charge in [0.25, 0.3) is 0 Å². The van der Waals surface area contributed by atoms with Crippen LogP contribution in [-0.4, -0.2) is 21.4 Å². The summed E-state index contributed by atoms with van der Waals surface area (Å²) in [4.78, 5) is 11.1. The first kappa shape index (κ1) is 17.1. The van der Waals surface area contributed by atoms with Crippen LogP contribution in [0.15, 0.2) is 67.1 Å². The average Bonchev–Trinajstić information content (AvgIpc) is 3.12. The number of anilines is 1. The number of halogens is 1. The molecule has 0 fully saturated rings. The first-order valence-corrected chi connectivity index (χ1v) is 8.81. The summed E-state index contributed by atoms with van der Waals surface area (Å²) in [6, 6.07) is 17.4. The average molecular weight is 374 g/mol. The summed E-state index contributed by atoms with van der Waals surface area (Å²) in [7, 11) is 2.00. The molecule has 0 atom stereocenters. The fourth-order valence-electron chi connectivity index (χ4n) is 2.97. The van der Waals surface area contributed by atoms with Crippen LogP contribution in [0, 0.1) is 11.3 Å². The van der Waals surface area contributed by atoms with Crippen LogP contribution in [0.4, 0.5) is 5.69 Å². The Balaban J connectivity index is 1.63. The highest BCUT2D eigenvalue weighted by molar-refractivity contribution is 6.30. The number of nitrogens with zero attached hydrogens (tertiary/aromatic N) is 5. The van der Waals surface area contributed by atoms with Gasteiger partial charge >= 0.3 is 0 Å². The summed E-state index contributed by atoms with van der Waals surface area (Å²) in [6.07, 6.45) is 5.63. The Hall–Kier alpha value is -3.36. The Labute approximate surface area is 162 Å². The molecule has 2 aromatic carbocycles. The maximum Gasteiger partial charge on any atom is 0.155 e. The summed E-state index contributed by atoms with van der Waals surface area (Å²) in [5.74, 6) is 0. The molecule has 5 nitrogen and oxygen atoms in total. The first-order valence-electron chi connectivity index (χ1n) is 8.43. The lowest BCUT2D eigenvalue weighted by atomic mass is 10.2. The molecule has 2 heterocycles. The molecule has 0 aliphatic rings. The quantitative estimate of drug-likeness (QED) is 0.526. The lowest BCUT2D eigenvalue weighted by Gasteiger charge is -2.19. The zero-order valence-corrected chi connectivity index (χ0v) is 15.4. The molecular weight excluding hydrogens is 358 g/mol. The number of hydrogen-bond donors (Lipinski definition) is 0. The van der Waals surface area contributed by atoms with Crippen molar-refractivity contribution in [1.82, 2.24) is 14.4 Å². The predicted octanol–water partition coefficient (Wildman–Crippen LogP) is 4.56. The molecule has 27 heavy (non-hydrogen) atoms. The van der Waals surface area contributed by atoms with Gasteiger partial charge in [-0.05, 0) is 36.4 Å². The molecule has 0 saturated heterocycles. The number of imidazole rings is 1. The monoisotopic (exact) mass is 373 g/mol. The van der Waals surface area contributed by atoms with Gasteiger partial charge < -0.3 is 4.90 Å². The zero-order valence-electron chi connectivity index (χ0n) is 14.7. The van der Waals surface area contributed by atoms with Crippen molar-refractivity contribution in [3.05, 3.63) is 83.4 Å². The van der Waals surface area contributed by atoms with Crippen LogP contribution in [0.1, 0.15) is 11.3 Å². The molecule has 0 unspecified atom stereocenters. The number of fused-ring (bicyclic) bond motifs is 1. The van der Waals surface area contributed by atoms with E-state index in [0.717, 1.165) is 28.3 Å². The summed E-state index contributed by atoms with van der Waals surface area (Å²) >= 11 is 6.00. The van der Waals surface area contributed by atoms with Gasteiger partial charge in [0.05, 0.1) is 42.0 Å². The number of benzene rings is 2. The minimum Gasteiger partial charge on any atom is -0.369 e. The van der Waals surface area contributed by atoms with E-state index in [2.05, 4.69) is 20.9 Å². The number of rotatable bonds is 4. The summed E-state index contributed by atoms with van der Waals surface area (Å²) < 4.78 is 2.04. The smallest absolute Gasteiger partial charge is 0.155 e. The highest BCUT2D eigenvalue weighted by Gasteiger charge is 2.09. The van der Waals surface area contributed by atoms with E-state index in [1.54, 1.807) is 6.20 Å². The van der Waals surface area contributed by atoms with Crippen LogP contribution in [-0.2, 0) is 6.54 Å². The molecule has 132 valence electrons. The predicted molar refractivity (Wildman–Crippen MR) is 107 cm³/mol. The first-order chi connectivity index (χ1) is 13.1. The molecule has 6 heteroatoms. The Morgan fingerprint density at radius 2 is 1.78 bits per heavy atom. The molecule has 0 bridgehead atoms. The molecule has 0 radical (unpaired) electrons. The topological polar surface area (TPSA) is 57.2 Å². The maximum atomic E-state index is 8.93. The molecular formula is C21H16ClN5. The Morgan fingerprint density at radius 1 is 1.04 bits per heavy atom. The molecule has 0 N–H and O–H groups in total. The van der Waals surface area contributed by atoms with Crippen LogP contribution in [0.3, 0.4) is 0 Å². The van der Waals surface area contributed by atoms with E-state index in [1.807, 2.05) is 72.4 Å². The number of nitriles is 1. The molecule has 0 spiro atoms. The van der Waals surface area contributed by atoms with Crippen LogP contribution < -0.4 is 4.90 Å². The molecule has 0 aliphatic carbocycles.